The number of nitrogens with one attached hydrogen (secondary N) is 3. The summed E-state index contributed by atoms with van der Waals surface area (Å²) in [5, 5.41) is 12.3. The zero-order valence-corrected chi connectivity index (χ0v) is 15.2. The van der Waals surface area contributed by atoms with Gasteiger partial charge in [-0.3, -0.25) is 20.5 Å². The molecule has 4 heterocycles. The third kappa shape index (κ3) is 2.85. The molecule has 2 fully saturated rings. The maximum absolute atomic E-state index is 12.9. The molecular formula is C20H20N6O2. The fourth-order valence-electron chi connectivity index (χ4n) is 4.11. The molecular weight excluding hydrogens is 356 g/mol. The molecule has 1 aromatic heterocycles. The predicted molar refractivity (Wildman–Crippen MR) is 103 cm³/mol. The minimum absolute atomic E-state index is 0.0207. The molecule has 0 spiro atoms. The fourth-order valence-corrected chi connectivity index (χ4v) is 4.11. The van der Waals surface area contributed by atoms with Gasteiger partial charge in [-0.15, -0.1) is 0 Å². The lowest BCUT2D eigenvalue weighted by atomic mass is 9.92. The number of hydrazine groups is 1. The summed E-state index contributed by atoms with van der Waals surface area (Å²) in [5.74, 6) is 1.56. The Labute approximate surface area is 162 Å². The first-order valence-electron chi connectivity index (χ1n) is 9.43. The molecule has 3 unspecified atom stereocenters. The molecule has 0 radical (unpaired) electrons. The Balaban J connectivity index is 1.34. The second-order valence-corrected chi connectivity index (χ2v) is 7.28. The van der Waals surface area contributed by atoms with Crippen LogP contribution in [0.25, 0.3) is 0 Å². The van der Waals surface area contributed by atoms with Gasteiger partial charge in [0.1, 0.15) is 18.5 Å². The Morgan fingerprint density at radius 1 is 1.32 bits per heavy atom. The van der Waals surface area contributed by atoms with Gasteiger partial charge in [-0.25, -0.2) is 0 Å². The molecule has 0 bridgehead atoms. The van der Waals surface area contributed by atoms with Gasteiger partial charge in [0.15, 0.2) is 0 Å². The van der Waals surface area contributed by atoms with E-state index in [0.29, 0.717) is 42.8 Å². The number of ether oxygens (including phenoxy) is 1. The Kier molecular flexibility index (Phi) is 4.11. The molecule has 3 atom stereocenters. The van der Waals surface area contributed by atoms with Crippen LogP contribution in [0.1, 0.15) is 23.5 Å². The quantitative estimate of drug-likeness (QED) is 0.738. The molecule has 3 N–H and O–H groups in total. The van der Waals surface area contributed by atoms with Crippen molar-refractivity contribution in [2.24, 2.45) is 0 Å². The van der Waals surface area contributed by atoms with E-state index in [1.807, 2.05) is 18.2 Å². The second-order valence-electron chi connectivity index (χ2n) is 7.28. The molecule has 5 rings (SSSR count). The zero-order valence-electron chi connectivity index (χ0n) is 15.2. The molecule has 0 aliphatic carbocycles. The number of benzene rings is 1. The van der Waals surface area contributed by atoms with Crippen molar-refractivity contribution >= 4 is 17.4 Å². The topological polar surface area (TPSA) is 102 Å². The summed E-state index contributed by atoms with van der Waals surface area (Å²) in [6.07, 6.45) is 0.674. The number of rotatable bonds is 3. The van der Waals surface area contributed by atoms with Crippen LogP contribution in [0.2, 0.25) is 0 Å². The van der Waals surface area contributed by atoms with Crippen LogP contribution in [0, 0.1) is 11.3 Å². The van der Waals surface area contributed by atoms with Crippen LogP contribution in [0.15, 0.2) is 36.4 Å². The van der Waals surface area contributed by atoms with Gasteiger partial charge in [0.25, 0.3) is 5.91 Å². The van der Waals surface area contributed by atoms with Gasteiger partial charge >= 0.3 is 0 Å². The average molecular weight is 376 g/mol. The molecule has 8 heteroatoms. The minimum Gasteiger partial charge on any atom is -0.476 e. The Bertz CT molecular complexity index is 971. The summed E-state index contributed by atoms with van der Waals surface area (Å²) in [6, 6.07) is 13.1. The monoisotopic (exact) mass is 376 g/mol. The lowest BCUT2D eigenvalue weighted by molar-refractivity contribution is -0.117. The summed E-state index contributed by atoms with van der Waals surface area (Å²) >= 11 is 0. The first kappa shape index (κ1) is 17.0. The molecule has 1 amide bonds. The number of pyridine rings is 1. The standard InChI is InChI=1S/C20H20N6O2/c21-9-12-2-1-3-13(8-12)23-16-6-7-26(20(16)27)18-5-4-14-15-10-22-25-17(15)11-28-19(14)24-18/h1-5,8,15-17,22-23,25H,6-7,10-11H2. The summed E-state index contributed by atoms with van der Waals surface area (Å²) in [7, 11) is 0. The van der Waals surface area contributed by atoms with E-state index in [9.17, 15) is 4.79 Å². The first-order valence-corrected chi connectivity index (χ1v) is 9.43. The van der Waals surface area contributed by atoms with Crippen molar-refractivity contribution in [1.29, 1.82) is 5.26 Å². The summed E-state index contributed by atoms with van der Waals surface area (Å²) in [4.78, 5) is 19.2. The van der Waals surface area contributed by atoms with E-state index in [-0.39, 0.29) is 18.0 Å². The highest BCUT2D eigenvalue weighted by atomic mass is 16.5. The van der Waals surface area contributed by atoms with Crippen molar-refractivity contribution in [1.82, 2.24) is 15.8 Å². The maximum atomic E-state index is 12.9. The van der Waals surface area contributed by atoms with E-state index >= 15 is 0 Å². The van der Waals surface area contributed by atoms with E-state index in [2.05, 4.69) is 27.2 Å². The van der Waals surface area contributed by atoms with Crippen LogP contribution in [-0.2, 0) is 4.79 Å². The number of hydrogen-bond donors (Lipinski definition) is 3. The molecule has 2 saturated heterocycles. The summed E-state index contributed by atoms with van der Waals surface area (Å²) in [6.45, 7) is 2.00. The number of nitrogens with zero attached hydrogens (tertiary/aromatic N) is 3. The third-order valence-electron chi connectivity index (χ3n) is 5.58. The van der Waals surface area contributed by atoms with Gasteiger partial charge in [-0.05, 0) is 36.8 Å². The van der Waals surface area contributed by atoms with E-state index in [1.165, 1.54) is 0 Å². The van der Waals surface area contributed by atoms with Crippen LogP contribution < -0.4 is 25.8 Å². The van der Waals surface area contributed by atoms with Crippen LogP contribution in [0.3, 0.4) is 0 Å². The summed E-state index contributed by atoms with van der Waals surface area (Å²) < 4.78 is 5.82. The van der Waals surface area contributed by atoms with Gasteiger partial charge in [0.2, 0.25) is 5.88 Å². The molecule has 1 aromatic carbocycles. The number of hydrogen-bond acceptors (Lipinski definition) is 7. The van der Waals surface area contributed by atoms with E-state index in [4.69, 9.17) is 10.00 Å². The summed E-state index contributed by atoms with van der Waals surface area (Å²) in [5.41, 5.74) is 8.80. The number of nitriles is 1. The zero-order chi connectivity index (χ0) is 19.1. The number of anilines is 2. The highest BCUT2D eigenvalue weighted by Gasteiger charge is 2.37. The number of carbonyl (C=O) groups is 1. The smallest absolute Gasteiger partial charge is 0.250 e. The third-order valence-corrected chi connectivity index (χ3v) is 5.58. The number of carbonyl (C=O) groups excluding carboxylic acids is 1. The van der Waals surface area contributed by atoms with Crippen LogP contribution in [0.5, 0.6) is 5.88 Å². The highest BCUT2D eigenvalue weighted by Crippen LogP contribution is 2.36. The number of amides is 1. The van der Waals surface area contributed by atoms with Crippen LogP contribution in [0.4, 0.5) is 11.5 Å². The van der Waals surface area contributed by atoms with E-state index in [0.717, 1.165) is 17.8 Å². The van der Waals surface area contributed by atoms with E-state index in [1.54, 1.807) is 23.1 Å². The molecule has 2 aromatic rings. The molecule has 3 aliphatic heterocycles. The maximum Gasteiger partial charge on any atom is 0.250 e. The highest BCUT2D eigenvalue weighted by molar-refractivity contribution is 6.00. The lowest BCUT2D eigenvalue weighted by Crippen LogP contribution is -2.39. The Morgan fingerprint density at radius 3 is 3.14 bits per heavy atom. The predicted octanol–water partition coefficient (Wildman–Crippen LogP) is 1.12. The van der Waals surface area contributed by atoms with Crippen molar-refractivity contribution < 1.29 is 9.53 Å². The van der Waals surface area contributed by atoms with Gasteiger partial charge in [0.05, 0.1) is 17.7 Å². The van der Waals surface area contributed by atoms with E-state index < -0.39 is 0 Å². The Hall–Kier alpha value is -3.15. The van der Waals surface area contributed by atoms with Crippen molar-refractivity contribution in [3.05, 3.63) is 47.5 Å². The molecule has 142 valence electrons. The lowest BCUT2D eigenvalue weighted by Gasteiger charge is -2.27. The van der Waals surface area contributed by atoms with Gasteiger partial charge in [0, 0.05) is 30.3 Å². The molecule has 3 aliphatic rings. The average Bonchev–Trinajstić information content (AvgIpc) is 3.35. The van der Waals surface area contributed by atoms with Gasteiger partial charge in [-0.1, -0.05) is 6.07 Å². The van der Waals surface area contributed by atoms with Crippen molar-refractivity contribution in [2.75, 3.05) is 29.9 Å². The SMILES string of the molecule is N#Cc1cccc(NC2CCN(c3ccc4c(n3)OCC3NNCC43)C2=O)c1. The van der Waals surface area contributed by atoms with Crippen molar-refractivity contribution in [3.8, 4) is 11.9 Å². The van der Waals surface area contributed by atoms with Crippen LogP contribution >= 0.6 is 0 Å². The molecule has 8 nitrogen and oxygen atoms in total. The first-order chi connectivity index (χ1) is 13.7. The van der Waals surface area contributed by atoms with Crippen LogP contribution in [-0.4, -0.2) is 42.7 Å². The van der Waals surface area contributed by atoms with Crippen molar-refractivity contribution in [2.45, 2.75) is 24.4 Å². The number of fused-ring (bicyclic) bond motifs is 3. The molecule has 28 heavy (non-hydrogen) atoms. The Morgan fingerprint density at radius 2 is 2.25 bits per heavy atom. The fraction of sp³-hybridized carbons (Fsp3) is 0.350. The largest absolute Gasteiger partial charge is 0.476 e. The normalized spacial score (nSPS) is 25.6. The van der Waals surface area contributed by atoms with Gasteiger partial charge in [-0.2, -0.15) is 10.2 Å². The van der Waals surface area contributed by atoms with Crippen molar-refractivity contribution in [3.63, 3.8) is 0 Å². The molecule has 0 saturated carbocycles. The second kappa shape index (κ2) is 6.78. The van der Waals surface area contributed by atoms with Gasteiger partial charge < -0.3 is 10.1 Å². The minimum atomic E-state index is -0.333. The number of aromatic nitrogens is 1.